The van der Waals surface area contributed by atoms with Gasteiger partial charge in [0.05, 0.1) is 12.0 Å². The van der Waals surface area contributed by atoms with E-state index in [1.807, 2.05) is 60.7 Å². The number of carbonyl (C=O) groups is 1. The molecular formula is C20H15NO. The van der Waals surface area contributed by atoms with Crippen LogP contribution >= 0.6 is 0 Å². The van der Waals surface area contributed by atoms with Gasteiger partial charge < -0.3 is 0 Å². The van der Waals surface area contributed by atoms with Crippen LogP contribution in [0, 0.1) is 11.3 Å². The largest absolute Gasteiger partial charge is 0.294 e. The summed E-state index contributed by atoms with van der Waals surface area (Å²) < 4.78 is 0. The molecule has 22 heavy (non-hydrogen) atoms. The van der Waals surface area contributed by atoms with Gasteiger partial charge in [0, 0.05) is 12.0 Å². The van der Waals surface area contributed by atoms with E-state index in [0.717, 1.165) is 16.3 Å². The van der Waals surface area contributed by atoms with Crippen molar-refractivity contribution in [2.75, 3.05) is 0 Å². The Bertz CT molecular complexity index is 846. The van der Waals surface area contributed by atoms with Crippen molar-refractivity contribution >= 4 is 16.6 Å². The monoisotopic (exact) mass is 285 g/mol. The van der Waals surface area contributed by atoms with Crippen LogP contribution in [0.1, 0.15) is 28.3 Å². The molecule has 0 N–H and O–H groups in total. The molecule has 0 saturated heterocycles. The molecule has 0 radical (unpaired) electrons. The first-order chi connectivity index (χ1) is 10.8. The molecule has 0 aliphatic rings. The second-order valence-corrected chi connectivity index (χ2v) is 5.28. The Balaban J connectivity index is 1.87. The van der Waals surface area contributed by atoms with Crippen LogP contribution in [0.2, 0.25) is 0 Å². The highest BCUT2D eigenvalue weighted by Crippen LogP contribution is 2.25. The summed E-state index contributed by atoms with van der Waals surface area (Å²) in [7, 11) is 0. The third-order valence-electron chi connectivity index (χ3n) is 3.82. The molecule has 1 atom stereocenters. The zero-order valence-electron chi connectivity index (χ0n) is 12.1. The van der Waals surface area contributed by atoms with Gasteiger partial charge in [0.2, 0.25) is 0 Å². The SMILES string of the molecule is N#C[C@H](CC(=O)c1ccccc1)c1ccc2ccccc2c1. The van der Waals surface area contributed by atoms with E-state index in [9.17, 15) is 10.1 Å². The number of nitrogens with zero attached hydrogens (tertiary/aromatic N) is 1. The van der Waals surface area contributed by atoms with Crippen molar-refractivity contribution in [3.8, 4) is 6.07 Å². The first-order valence-electron chi connectivity index (χ1n) is 7.24. The second-order valence-electron chi connectivity index (χ2n) is 5.28. The van der Waals surface area contributed by atoms with E-state index in [4.69, 9.17) is 0 Å². The molecule has 0 amide bonds. The lowest BCUT2D eigenvalue weighted by molar-refractivity contribution is 0.0979. The maximum absolute atomic E-state index is 12.3. The Morgan fingerprint density at radius 1 is 0.909 bits per heavy atom. The lowest BCUT2D eigenvalue weighted by atomic mass is 9.91. The van der Waals surface area contributed by atoms with Gasteiger partial charge in [-0.3, -0.25) is 4.79 Å². The summed E-state index contributed by atoms with van der Waals surface area (Å²) in [4.78, 5) is 12.3. The Morgan fingerprint density at radius 3 is 2.32 bits per heavy atom. The topological polar surface area (TPSA) is 40.9 Å². The average molecular weight is 285 g/mol. The van der Waals surface area contributed by atoms with Crippen LogP contribution in [0.25, 0.3) is 10.8 Å². The fraction of sp³-hybridized carbons (Fsp3) is 0.100. The predicted molar refractivity (Wildman–Crippen MR) is 87.7 cm³/mol. The third kappa shape index (κ3) is 2.89. The van der Waals surface area contributed by atoms with Crippen LogP contribution in [0.3, 0.4) is 0 Å². The number of rotatable bonds is 4. The summed E-state index contributed by atoms with van der Waals surface area (Å²) in [5, 5.41) is 11.7. The number of Topliss-reactive ketones (excluding diaryl/α,β-unsaturated/α-hetero) is 1. The van der Waals surface area contributed by atoms with Crippen molar-refractivity contribution in [3.05, 3.63) is 83.9 Å². The van der Waals surface area contributed by atoms with E-state index >= 15 is 0 Å². The summed E-state index contributed by atoms with van der Waals surface area (Å²) in [5.41, 5.74) is 1.55. The van der Waals surface area contributed by atoms with Gasteiger partial charge >= 0.3 is 0 Å². The normalized spacial score (nSPS) is 11.8. The molecule has 0 bridgehead atoms. The Hall–Kier alpha value is -2.92. The molecule has 106 valence electrons. The Kier molecular flexibility index (Phi) is 3.98. The minimum absolute atomic E-state index is 0.000286. The molecule has 0 fully saturated rings. The van der Waals surface area contributed by atoms with Gasteiger partial charge in [0.15, 0.2) is 5.78 Å². The van der Waals surface area contributed by atoms with Gasteiger partial charge in [0.25, 0.3) is 0 Å². The van der Waals surface area contributed by atoms with E-state index in [1.54, 1.807) is 12.1 Å². The highest BCUT2D eigenvalue weighted by atomic mass is 16.1. The molecule has 3 rings (SSSR count). The smallest absolute Gasteiger partial charge is 0.164 e. The molecule has 0 spiro atoms. The van der Waals surface area contributed by atoms with E-state index in [2.05, 4.69) is 6.07 Å². The molecule has 3 aromatic rings. The molecule has 0 heterocycles. The molecule has 0 aliphatic heterocycles. The van der Waals surface area contributed by atoms with Crippen molar-refractivity contribution in [3.63, 3.8) is 0 Å². The van der Waals surface area contributed by atoms with Gasteiger partial charge in [-0.2, -0.15) is 5.26 Å². The molecule has 0 aromatic heterocycles. The molecule has 2 heteroatoms. The summed E-state index contributed by atoms with van der Waals surface area (Å²) in [6.07, 6.45) is 0.207. The van der Waals surface area contributed by atoms with Crippen molar-refractivity contribution in [1.29, 1.82) is 5.26 Å². The highest BCUT2D eigenvalue weighted by molar-refractivity contribution is 5.96. The summed E-state index contributed by atoms with van der Waals surface area (Å²) in [6, 6.07) is 25.4. The van der Waals surface area contributed by atoms with E-state index in [-0.39, 0.29) is 12.2 Å². The summed E-state index contributed by atoms with van der Waals surface area (Å²) >= 11 is 0. The van der Waals surface area contributed by atoms with Crippen molar-refractivity contribution in [1.82, 2.24) is 0 Å². The molecule has 2 nitrogen and oxygen atoms in total. The van der Waals surface area contributed by atoms with Crippen molar-refractivity contribution < 1.29 is 4.79 Å². The molecule has 0 aliphatic carbocycles. The molecule has 0 saturated carbocycles. The quantitative estimate of drug-likeness (QED) is 0.651. The number of ketones is 1. The first-order valence-corrected chi connectivity index (χ1v) is 7.24. The lowest BCUT2D eigenvalue weighted by Gasteiger charge is -2.10. The Morgan fingerprint density at radius 2 is 1.59 bits per heavy atom. The zero-order valence-corrected chi connectivity index (χ0v) is 12.1. The van der Waals surface area contributed by atoms with Crippen LogP contribution < -0.4 is 0 Å². The fourth-order valence-corrected chi connectivity index (χ4v) is 2.59. The fourth-order valence-electron chi connectivity index (χ4n) is 2.59. The van der Waals surface area contributed by atoms with Crippen molar-refractivity contribution in [2.24, 2.45) is 0 Å². The molecule has 0 unspecified atom stereocenters. The standard InChI is InChI=1S/C20H15NO/c21-14-19(13-20(22)16-7-2-1-3-8-16)18-11-10-15-6-4-5-9-17(15)12-18/h1-12,19H,13H2/t19-/m0/s1. The number of benzene rings is 3. The van der Waals surface area contributed by atoms with Gasteiger partial charge in [-0.05, 0) is 22.4 Å². The van der Waals surface area contributed by atoms with Gasteiger partial charge in [-0.1, -0.05) is 66.7 Å². The number of carbonyl (C=O) groups excluding carboxylic acids is 1. The second kappa shape index (κ2) is 6.24. The van der Waals surface area contributed by atoms with Crippen LogP contribution in [-0.4, -0.2) is 5.78 Å². The number of hydrogen-bond donors (Lipinski definition) is 0. The van der Waals surface area contributed by atoms with Gasteiger partial charge in [-0.15, -0.1) is 0 Å². The highest BCUT2D eigenvalue weighted by Gasteiger charge is 2.17. The maximum atomic E-state index is 12.3. The van der Waals surface area contributed by atoms with Crippen LogP contribution in [0.15, 0.2) is 72.8 Å². The van der Waals surface area contributed by atoms with Gasteiger partial charge in [-0.25, -0.2) is 0 Å². The lowest BCUT2D eigenvalue weighted by Crippen LogP contribution is -2.06. The minimum atomic E-state index is -0.419. The van der Waals surface area contributed by atoms with E-state index in [1.165, 1.54) is 0 Å². The maximum Gasteiger partial charge on any atom is 0.164 e. The molecular weight excluding hydrogens is 270 g/mol. The van der Waals surface area contributed by atoms with Crippen molar-refractivity contribution in [2.45, 2.75) is 12.3 Å². The van der Waals surface area contributed by atoms with E-state index < -0.39 is 5.92 Å². The number of fused-ring (bicyclic) bond motifs is 1. The predicted octanol–water partition coefficient (Wildman–Crippen LogP) is 4.72. The summed E-state index contributed by atoms with van der Waals surface area (Å²) in [5.74, 6) is -0.419. The summed E-state index contributed by atoms with van der Waals surface area (Å²) in [6.45, 7) is 0. The van der Waals surface area contributed by atoms with Gasteiger partial charge in [0.1, 0.15) is 0 Å². The number of hydrogen-bond acceptors (Lipinski definition) is 2. The molecule has 3 aromatic carbocycles. The Labute approximate surface area is 129 Å². The van der Waals surface area contributed by atoms with E-state index in [0.29, 0.717) is 5.56 Å². The number of nitriles is 1. The average Bonchev–Trinajstić information content (AvgIpc) is 2.59. The zero-order chi connectivity index (χ0) is 15.4. The van der Waals surface area contributed by atoms with Crippen LogP contribution in [-0.2, 0) is 0 Å². The minimum Gasteiger partial charge on any atom is -0.294 e. The first kappa shape index (κ1) is 14.0. The van der Waals surface area contributed by atoms with Crippen LogP contribution in [0.5, 0.6) is 0 Å². The van der Waals surface area contributed by atoms with Crippen LogP contribution in [0.4, 0.5) is 0 Å². The third-order valence-corrected chi connectivity index (χ3v) is 3.82.